The smallest absolute Gasteiger partial charge is 0.343 e. The minimum Gasteiger partial charge on any atom is -0.460 e. The van der Waals surface area contributed by atoms with Gasteiger partial charge in [-0.3, -0.25) is 0 Å². The number of ether oxygens (including phenoxy) is 2. The molecule has 0 amide bonds. The molecule has 0 aliphatic heterocycles. The van der Waals surface area contributed by atoms with Gasteiger partial charge in [0.1, 0.15) is 0 Å². The summed E-state index contributed by atoms with van der Waals surface area (Å²) in [5.41, 5.74) is 1.20. The second kappa shape index (κ2) is 5.73. The SMILES string of the molecule is CC[C@H](C)OC(=O)[C@@]1(OC)CCc2ccc3ccccc3c21. The average Bonchev–Trinajstić information content (AvgIpc) is 2.95. The molecule has 0 radical (unpaired) electrons. The Labute approximate surface area is 131 Å². The van der Waals surface area contributed by atoms with Gasteiger partial charge in [0, 0.05) is 12.7 Å². The van der Waals surface area contributed by atoms with Crippen LogP contribution in [0.1, 0.15) is 37.8 Å². The van der Waals surface area contributed by atoms with Crippen LogP contribution in [0.2, 0.25) is 0 Å². The van der Waals surface area contributed by atoms with Gasteiger partial charge in [0.05, 0.1) is 6.10 Å². The normalized spacial score (nSPS) is 21.6. The van der Waals surface area contributed by atoms with Crippen LogP contribution in [0.5, 0.6) is 0 Å². The molecule has 0 heterocycles. The third-order valence-electron chi connectivity index (χ3n) is 4.73. The highest BCUT2D eigenvalue weighted by molar-refractivity contribution is 5.95. The van der Waals surface area contributed by atoms with Crippen LogP contribution in [0.15, 0.2) is 36.4 Å². The van der Waals surface area contributed by atoms with Crippen molar-refractivity contribution in [3.63, 3.8) is 0 Å². The quantitative estimate of drug-likeness (QED) is 0.801. The van der Waals surface area contributed by atoms with E-state index in [4.69, 9.17) is 9.47 Å². The lowest BCUT2D eigenvalue weighted by molar-refractivity contribution is -0.175. The molecule has 0 aromatic heterocycles. The van der Waals surface area contributed by atoms with Crippen LogP contribution < -0.4 is 0 Å². The topological polar surface area (TPSA) is 35.5 Å². The molecule has 0 unspecified atom stereocenters. The fraction of sp³-hybridized carbons (Fsp3) is 0.421. The van der Waals surface area contributed by atoms with Crippen LogP contribution in [0.4, 0.5) is 0 Å². The van der Waals surface area contributed by atoms with Crippen molar-refractivity contribution < 1.29 is 14.3 Å². The molecule has 0 saturated heterocycles. The lowest BCUT2D eigenvalue weighted by atomic mass is 9.90. The van der Waals surface area contributed by atoms with E-state index in [1.54, 1.807) is 7.11 Å². The molecular formula is C19H22O3. The summed E-state index contributed by atoms with van der Waals surface area (Å²) < 4.78 is 11.4. The molecule has 2 aromatic carbocycles. The Morgan fingerprint density at radius 2 is 2.05 bits per heavy atom. The summed E-state index contributed by atoms with van der Waals surface area (Å²) in [6, 6.07) is 12.4. The molecule has 0 spiro atoms. The summed E-state index contributed by atoms with van der Waals surface area (Å²) in [5.74, 6) is -0.264. The third kappa shape index (κ3) is 2.20. The first-order valence-electron chi connectivity index (χ1n) is 7.89. The third-order valence-corrected chi connectivity index (χ3v) is 4.73. The Morgan fingerprint density at radius 1 is 1.27 bits per heavy atom. The van der Waals surface area contributed by atoms with Crippen LogP contribution in [0, 0.1) is 0 Å². The predicted molar refractivity (Wildman–Crippen MR) is 86.8 cm³/mol. The molecule has 1 aliphatic rings. The minimum atomic E-state index is -0.973. The Morgan fingerprint density at radius 3 is 2.77 bits per heavy atom. The maximum atomic E-state index is 12.8. The van der Waals surface area contributed by atoms with Crippen molar-refractivity contribution >= 4 is 16.7 Å². The fourth-order valence-electron chi connectivity index (χ4n) is 3.29. The van der Waals surface area contributed by atoms with Gasteiger partial charge in [-0.1, -0.05) is 43.3 Å². The Kier molecular flexibility index (Phi) is 3.92. The number of rotatable bonds is 4. The number of methoxy groups -OCH3 is 1. The van der Waals surface area contributed by atoms with E-state index in [-0.39, 0.29) is 12.1 Å². The van der Waals surface area contributed by atoms with Crippen molar-refractivity contribution in [3.8, 4) is 0 Å². The van der Waals surface area contributed by atoms with Crippen LogP contribution in [0.3, 0.4) is 0 Å². The first kappa shape index (κ1) is 15.0. The minimum absolute atomic E-state index is 0.0986. The van der Waals surface area contributed by atoms with E-state index in [9.17, 15) is 4.79 Å². The first-order valence-corrected chi connectivity index (χ1v) is 7.89. The van der Waals surface area contributed by atoms with Gasteiger partial charge < -0.3 is 9.47 Å². The first-order chi connectivity index (χ1) is 10.6. The van der Waals surface area contributed by atoms with Crippen molar-refractivity contribution in [1.29, 1.82) is 0 Å². The summed E-state index contributed by atoms with van der Waals surface area (Å²) in [5, 5.41) is 2.21. The Bertz CT molecular complexity index is 707. The lowest BCUT2D eigenvalue weighted by Gasteiger charge is -2.29. The number of carbonyl (C=O) groups excluding carboxylic acids is 1. The highest BCUT2D eigenvalue weighted by Gasteiger charge is 2.48. The molecule has 0 saturated carbocycles. The molecule has 2 atom stereocenters. The summed E-state index contributed by atoms with van der Waals surface area (Å²) >= 11 is 0. The van der Waals surface area contributed by atoms with Crippen molar-refractivity contribution in [2.24, 2.45) is 0 Å². The molecule has 0 N–H and O–H groups in total. The number of hydrogen-bond donors (Lipinski definition) is 0. The van der Waals surface area contributed by atoms with Crippen molar-refractivity contribution in [2.75, 3.05) is 7.11 Å². The number of carbonyl (C=O) groups is 1. The zero-order valence-corrected chi connectivity index (χ0v) is 13.4. The number of benzene rings is 2. The number of hydrogen-bond acceptors (Lipinski definition) is 3. The van der Waals surface area contributed by atoms with E-state index < -0.39 is 5.60 Å². The second-order valence-corrected chi connectivity index (χ2v) is 5.98. The van der Waals surface area contributed by atoms with Gasteiger partial charge in [-0.05, 0) is 42.5 Å². The monoisotopic (exact) mass is 298 g/mol. The van der Waals surface area contributed by atoms with Gasteiger partial charge in [0.25, 0.3) is 0 Å². The van der Waals surface area contributed by atoms with Crippen molar-refractivity contribution in [1.82, 2.24) is 0 Å². The van der Waals surface area contributed by atoms with Gasteiger partial charge in [0.15, 0.2) is 5.60 Å². The molecule has 0 bridgehead atoms. The van der Waals surface area contributed by atoms with Crippen molar-refractivity contribution in [3.05, 3.63) is 47.5 Å². The number of esters is 1. The van der Waals surface area contributed by atoms with E-state index in [1.807, 2.05) is 26.0 Å². The maximum absolute atomic E-state index is 12.8. The molecule has 22 heavy (non-hydrogen) atoms. The van der Waals surface area contributed by atoms with Gasteiger partial charge >= 0.3 is 5.97 Å². The van der Waals surface area contributed by atoms with Crippen LogP contribution in [-0.2, 0) is 26.3 Å². The lowest BCUT2D eigenvalue weighted by Crippen LogP contribution is -2.39. The predicted octanol–water partition coefficient (Wildman–Crippen LogP) is 3.97. The standard InChI is InChI=1S/C19H22O3/c1-4-13(2)22-18(20)19(21-3)12-11-15-10-9-14-7-5-6-8-16(14)17(15)19/h5-10,13H,4,11-12H2,1-3H3/t13-,19+/m0/s1. The van der Waals surface area contributed by atoms with Crippen molar-refractivity contribution in [2.45, 2.75) is 44.8 Å². The number of aryl methyl sites for hydroxylation is 1. The zero-order valence-electron chi connectivity index (χ0n) is 13.4. The molecule has 116 valence electrons. The van der Waals surface area contributed by atoms with E-state index in [0.717, 1.165) is 29.2 Å². The summed E-state index contributed by atoms with van der Waals surface area (Å²) in [6.07, 6.45) is 2.18. The van der Waals surface area contributed by atoms with E-state index >= 15 is 0 Å². The van der Waals surface area contributed by atoms with Crippen LogP contribution >= 0.6 is 0 Å². The summed E-state index contributed by atoms with van der Waals surface area (Å²) in [6.45, 7) is 3.93. The number of fused-ring (bicyclic) bond motifs is 3. The van der Waals surface area contributed by atoms with Crippen LogP contribution in [-0.4, -0.2) is 19.2 Å². The molecular weight excluding hydrogens is 276 g/mol. The average molecular weight is 298 g/mol. The largest absolute Gasteiger partial charge is 0.460 e. The van der Waals surface area contributed by atoms with Gasteiger partial charge in [-0.25, -0.2) is 4.79 Å². The molecule has 3 nitrogen and oxygen atoms in total. The molecule has 3 rings (SSSR count). The maximum Gasteiger partial charge on any atom is 0.343 e. The highest BCUT2D eigenvalue weighted by atomic mass is 16.6. The highest BCUT2D eigenvalue weighted by Crippen LogP contribution is 2.44. The van der Waals surface area contributed by atoms with E-state index in [2.05, 4.69) is 24.3 Å². The van der Waals surface area contributed by atoms with Crippen LogP contribution in [0.25, 0.3) is 10.8 Å². The zero-order chi connectivity index (χ0) is 15.7. The second-order valence-electron chi connectivity index (χ2n) is 5.98. The van der Waals surface area contributed by atoms with E-state index in [1.165, 1.54) is 5.56 Å². The molecule has 2 aromatic rings. The van der Waals surface area contributed by atoms with E-state index in [0.29, 0.717) is 6.42 Å². The summed E-state index contributed by atoms with van der Waals surface area (Å²) in [4.78, 5) is 12.8. The molecule has 0 fully saturated rings. The van der Waals surface area contributed by atoms with Gasteiger partial charge in [-0.15, -0.1) is 0 Å². The Hall–Kier alpha value is -1.87. The molecule has 1 aliphatic carbocycles. The summed E-state index contributed by atoms with van der Waals surface area (Å²) in [7, 11) is 1.61. The Balaban J connectivity index is 2.14. The van der Waals surface area contributed by atoms with Gasteiger partial charge in [0.2, 0.25) is 0 Å². The van der Waals surface area contributed by atoms with Gasteiger partial charge in [-0.2, -0.15) is 0 Å². The molecule has 3 heteroatoms. The fourth-order valence-corrected chi connectivity index (χ4v) is 3.29.